The molecule has 3 radical (unpaired) electrons. The first-order chi connectivity index (χ1) is 3.43. The van der Waals surface area contributed by atoms with Crippen molar-refractivity contribution < 1.29 is 0 Å². The third-order valence-electron chi connectivity index (χ3n) is 1.56. The first kappa shape index (κ1) is 5.10. The molecule has 1 aliphatic rings. The number of nitrogens with one attached hydrogen (secondary N) is 1. The number of hydrogen-bond acceptors (Lipinski definition) is 1. The fourth-order valence-electron chi connectivity index (χ4n) is 1.07. The van der Waals surface area contributed by atoms with Gasteiger partial charge in [0.15, 0.2) is 0 Å². The van der Waals surface area contributed by atoms with E-state index in [4.69, 9.17) is 7.05 Å². The van der Waals surface area contributed by atoms with E-state index in [1.165, 1.54) is 25.7 Å². The molecule has 0 atom stereocenters. The topological polar surface area (TPSA) is 12.0 Å². The molecule has 1 aliphatic carbocycles. The van der Waals surface area contributed by atoms with E-state index in [9.17, 15) is 0 Å². The lowest BCUT2D eigenvalue weighted by atomic mass is 10.3. The molecule has 1 heteroatoms. The van der Waals surface area contributed by atoms with E-state index in [2.05, 4.69) is 5.32 Å². The van der Waals surface area contributed by atoms with E-state index in [1.807, 2.05) is 0 Å². The van der Waals surface area contributed by atoms with Crippen LogP contribution in [-0.4, -0.2) is 6.04 Å². The highest BCUT2D eigenvalue weighted by Crippen LogP contribution is 2.16. The van der Waals surface area contributed by atoms with Crippen molar-refractivity contribution in [2.75, 3.05) is 0 Å². The Morgan fingerprint density at radius 2 is 1.86 bits per heavy atom. The van der Waals surface area contributed by atoms with Crippen molar-refractivity contribution in [3.05, 3.63) is 7.05 Å². The monoisotopic (exact) mass is 96.1 g/mol. The van der Waals surface area contributed by atoms with Crippen LogP contribution in [0.3, 0.4) is 0 Å². The molecule has 0 spiro atoms. The Hall–Kier alpha value is -0.0400. The van der Waals surface area contributed by atoms with E-state index < -0.39 is 0 Å². The van der Waals surface area contributed by atoms with Crippen molar-refractivity contribution in [2.45, 2.75) is 31.7 Å². The van der Waals surface area contributed by atoms with Gasteiger partial charge in [-0.05, 0) is 12.8 Å². The van der Waals surface area contributed by atoms with Crippen molar-refractivity contribution >= 4 is 0 Å². The Morgan fingerprint density at radius 3 is 2.14 bits per heavy atom. The Balaban J connectivity index is 2.14. The third-order valence-corrected chi connectivity index (χ3v) is 1.56. The molecule has 0 heterocycles. The van der Waals surface area contributed by atoms with Crippen LogP contribution in [0.25, 0.3) is 0 Å². The van der Waals surface area contributed by atoms with Gasteiger partial charge < -0.3 is 5.32 Å². The van der Waals surface area contributed by atoms with Crippen molar-refractivity contribution in [3.63, 3.8) is 0 Å². The van der Waals surface area contributed by atoms with Crippen molar-refractivity contribution in [1.29, 1.82) is 0 Å². The third kappa shape index (κ3) is 1.16. The number of hydrogen-bond donors (Lipinski definition) is 1. The molecular formula is C6H10N. The molecule has 0 saturated heterocycles. The van der Waals surface area contributed by atoms with Crippen molar-refractivity contribution in [2.24, 2.45) is 0 Å². The molecule has 7 heavy (non-hydrogen) atoms. The highest BCUT2D eigenvalue weighted by Gasteiger charge is 2.11. The lowest BCUT2D eigenvalue weighted by Crippen LogP contribution is -2.17. The average molecular weight is 96.2 g/mol. The molecule has 1 fully saturated rings. The smallest absolute Gasteiger partial charge is 0.0853 e. The normalized spacial score (nSPS) is 23.6. The molecule has 39 valence electrons. The molecule has 1 nitrogen and oxygen atoms in total. The zero-order valence-corrected chi connectivity index (χ0v) is 4.41. The highest BCUT2D eigenvalue weighted by atomic mass is 14.9. The lowest BCUT2D eigenvalue weighted by Gasteiger charge is -2.02. The minimum atomic E-state index is 0.514. The average Bonchev–Trinajstić information content (AvgIpc) is 2.14. The largest absolute Gasteiger partial charge is 0.303 e. The fraction of sp³-hybridized carbons (Fsp3) is 0.833. The van der Waals surface area contributed by atoms with Gasteiger partial charge in [0.2, 0.25) is 0 Å². The molecular weight excluding hydrogens is 86.1 g/mol. The van der Waals surface area contributed by atoms with Gasteiger partial charge in [-0.25, -0.2) is 0 Å². The van der Waals surface area contributed by atoms with Crippen LogP contribution >= 0.6 is 0 Å². The summed E-state index contributed by atoms with van der Waals surface area (Å²) in [7, 11) is 6.75. The zero-order valence-electron chi connectivity index (χ0n) is 4.41. The summed E-state index contributed by atoms with van der Waals surface area (Å²) in [5.74, 6) is 0. The molecule has 0 unspecified atom stereocenters. The van der Waals surface area contributed by atoms with Gasteiger partial charge in [0, 0.05) is 6.04 Å². The second-order valence-corrected chi connectivity index (χ2v) is 2.13. The summed E-state index contributed by atoms with van der Waals surface area (Å²) >= 11 is 0. The van der Waals surface area contributed by atoms with Gasteiger partial charge in [0.05, 0.1) is 7.05 Å². The molecule has 1 N–H and O–H groups in total. The van der Waals surface area contributed by atoms with E-state index in [0.29, 0.717) is 6.04 Å². The second kappa shape index (κ2) is 2.31. The molecule has 1 saturated carbocycles. The summed E-state index contributed by atoms with van der Waals surface area (Å²) in [6.07, 6.45) is 5.06. The van der Waals surface area contributed by atoms with E-state index >= 15 is 0 Å². The van der Waals surface area contributed by atoms with Crippen LogP contribution < -0.4 is 5.32 Å². The summed E-state index contributed by atoms with van der Waals surface area (Å²) < 4.78 is 0. The first-order valence-corrected chi connectivity index (χ1v) is 2.86. The Morgan fingerprint density at radius 1 is 1.29 bits per heavy atom. The standard InChI is InChI=1S/C6H10N/c1-7-6-4-2-3-5-6/h6-7H,2-5H2. The maximum Gasteiger partial charge on any atom is 0.0853 e. The summed E-state index contributed by atoms with van der Waals surface area (Å²) in [5, 5.41) is 2.51. The van der Waals surface area contributed by atoms with E-state index in [0.717, 1.165) is 0 Å². The van der Waals surface area contributed by atoms with Gasteiger partial charge in [-0.3, -0.25) is 0 Å². The predicted molar refractivity (Wildman–Crippen MR) is 28.6 cm³/mol. The Labute approximate surface area is 45.1 Å². The van der Waals surface area contributed by atoms with Gasteiger partial charge in [-0.1, -0.05) is 12.8 Å². The van der Waals surface area contributed by atoms with Gasteiger partial charge in [0.1, 0.15) is 0 Å². The van der Waals surface area contributed by atoms with Gasteiger partial charge in [-0.2, -0.15) is 0 Å². The molecule has 1 rings (SSSR count). The summed E-state index contributed by atoms with van der Waals surface area (Å²) in [4.78, 5) is 0. The second-order valence-electron chi connectivity index (χ2n) is 2.13. The van der Waals surface area contributed by atoms with Crippen LogP contribution in [0.2, 0.25) is 0 Å². The van der Waals surface area contributed by atoms with Crippen molar-refractivity contribution in [1.82, 2.24) is 5.32 Å². The minimum Gasteiger partial charge on any atom is -0.303 e. The van der Waals surface area contributed by atoms with Crippen LogP contribution in [0, 0.1) is 7.05 Å². The maximum atomic E-state index is 6.75. The fourth-order valence-corrected chi connectivity index (χ4v) is 1.07. The quantitative estimate of drug-likeness (QED) is 0.514. The minimum absolute atomic E-state index is 0.514. The zero-order chi connectivity index (χ0) is 5.11. The Kier molecular flexibility index (Phi) is 1.69. The van der Waals surface area contributed by atoms with Crippen LogP contribution in [0.5, 0.6) is 0 Å². The summed E-state index contributed by atoms with van der Waals surface area (Å²) in [6, 6.07) is 0.514. The summed E-state index contributed by atoms with van der Waals surface area (Å²) in [6.45, 7) is 0. The molecule has 0 aliphatic heterocycles. The van der Waals surface area contributed by atoms with Gasteiger partial charge in [0.25, 0.3) is 0 Å². The lowest BCUT2D eigenvalue weighted by molar-refractivity contribution is 0.605. The van der Waals surface area contributed by atoms with Crippen LogP contribution in [0.1, 0.15) is 25.7 Å². The van der Waals surface area contributed by atoms with E-state index in [-0.39, 0.29) is 0 Å². The Bertz CT molecular complexity index is 46.1. The van der Waals surface area contributed by atoms with Crippen LogP contribution in [0.15, 0.2) is 0 Å². The molecule has 0 aromatic carbocycles. The molecule has 0 amide bonds. The first-order valence-electron chi connectivity index (χ1n) is 2.86. The summed E-state index contributed by atoms with van der Waals surface area (Å²) in [5.41, 5.74) is 0. The SMILES string of the molecule is [C]NC1CCCC1. The molecule has 0 aromatic heterocycles. The van der Waals surface area contributed by atoms with Crippen LogP contribution in [-0.2, 0) is 0 Å². The van der Waals surface area contributed by atoms with Gasteiger partial charge >= 0.3 is 0 Å². The molecule has 0 bridgehead atoms. The molecule has 0 aromatic rings. The van der Waals surface area contributed by atoms with Crippen molar-refractivity contribution in [3.8, 4) is 0 Å². The predicted octanol–water partition coefficient (Wildman–Crippen LogP) is 1.06. The maximum absolute atomic E-state index is 6.75. The van der Waals surface area contributed by atoms with Crippen LogP contribution in [0.4, 0.5) is 0 Å². The number of rotatable bonds is 1. The highest BCUT2D eigenvalue weighted by molar-refractivity contribution is 4.72. The van der Waals surface area contributed by atoms with Gasteiger partial charge in [-0.15, -0.1) is 0 Å². The van der Waals surface area contributed by atoms with E-state index in [1.54, 1.807) is 0 Å².